The minimum absolute atomic E-state index is 0.0693. The lowest BCUT2D eigenvalue weighted by molar-refractivity contribution is -0.182. The lowest BCUT2D eigenvalue weighted by atomic mass is 9.85. The molecule has 0 spiro atoms. The van der Waals surface area contributed by atoms with Crippen molar-refractivity contribution in [1.82, 2.24) is 0 Å². The lowest BCUT2D eigenvalue weighted by Gasteiger charge is -2.31. The Hall–Kier alpha value is -1.41. The zero-order valence-electron chi connectivity index (χ0n) is 10.7. The number of rotatable bonds is 2. The van der Waals surface area contributed by atoms with Crippen LogP contribution < -0.4 is 5.32 Å². The summed E-state index contributed by atoms with van der Waals surface area (Å²) < 4.78 is 38.2. The summed E-state index contributed by atoms with van der Waals surface area (Å²) >= 11 is 6.02. The van der Waals surface area contributed by atoms with Gasteiger partial charge in [0.1, 0.15) is 0 Å². The second-order valence-electron chi connectivity index (χ2n) is 5.05. The molecule has 1 aliphatic rings. The van der Waals surface area contributed by atoms with Crippen molar-refractivity contribution in [2.45, 2.75) is 37.9 Å². The van der Waals surface area contributed by atoms with Crippen molar-refractivity contribution in [2.24, 2.45) is 5.92 Å². The third-order valence-corrected chi connectivity index (χ3v) is 3.91. The van der Waals surface area contributed by atoms with E-state index in [4.69, 9.17) is 16.9 Å². The number of halogens is 4. The summed E-state index contributed by atoms with van der Waals surface area (Å²) in [5.74, 6) is -1.24. The Labute approximate surface area is 120 Å². The Kier molecular flexibility index (Phi) is 4.44. The molecule has 2 rings (SSSR count). The topological polar surface area (TPSA) is 35.8 Å². The average Bonchev–Trinajstić information content (AvgIpc) is 2.40. The van der Waals surface area contributed by atoms with E-state index >= 15 is 0 Å². The van der Waals surface area contributed by atoms with Crippen molar-refractivity contribution in [3.05, 3.63) is 28.8 Å². The molecule has 1 aromatic rings. The summed E-state index contributed by atoms with van der Waals surface area (Å²) in [5, 5.41) is 12.2. The lowest BCUT2D eigenvalue weighted by Crippen LogP contribution is -2.34. The van der Waals surface area contributed by atoms with Crippen molar-refractivity contribution in [3.63, 3.8) is 0 Å². The van der Waals surface area contributed by atoms with Crippen molar-refractivity contribution in [1.29, 1.82) is 5.26 Å². The number of hydrogen-bond acceptors (Lipinski definition) is 2. The van der Waals surface area contributed by atoms with Gasteiger partial charge < -0.3 is 5.32 Å². The van der Waals surface area contributed by atoms with Gasteiger partial charge >= 0.3 is 6.18 Å². The number of alkyl halides is 3. The van der Waals surface area contributed by atoms with E-state index in [0.29, 0.717) is 29.1 Å². The molecule has 2 nitrogen and oxygen atoms in total. The van der Waals surface area contributed by atoms with E-state index < -0.39 is 12.1 Å². The summed E-state index contributed by atoms with van der Waals surface area (Å²) in [6, 6.07) is 6.47. The molecule has 0 heterocycles. The quantitative estimate of drug-likeness (QED) is 0.856. The number of nitrogens with zero attached hydrogens (tertiary/aromatic N) is 1. The second-order valence-corrected chi connectivity index (χ2v) is 5.46. The van der Waals surface area contributed by atoms with E-state index in [1.807, 2.05) is 6.07 Å². The molecule has 1 saturated carbocycles. The number of nitriles is 1. The first-order valence-electron chi connectivity index (χ1n) is 6.43. The number of benzene rings is 1. The highest BCUT2D eigenvalue weighted by Crippen LogP contribution is 2.38. The molecular formula is C14H14ClF3N2. The van der Waals surface area contributed by atoms with E-state index in [9.17, 15) is 13.2 Å². The fourth-order valence-corrected chi connectivity index (χ4v) is 2.77. The number of nitrogens with one attached hydrogen (secondary N) is 1. The molecule has 0 aromatic heterocycles. The Morgan fingerprint density at radius 1 is 1.30 bits per heavy atom. The predicted octanol–water partition coefficient (Wildman–Crippen LogP) is 4.74. The fourth-order valence-electron chi connectivity index (χ4n) is 2.54. The molecule has 1 aliphatic carbocycles. The van der Waals surface area contributed by atoms with Gasteiger partial charge in [-0.2, -0.15) is 18.4 Å². The van der Waals surface area contributed by atoms with Crippen molar-refractivity contribution in [2.75, 3.05) is 5.32 Å². The van der Waals surface area contributed by atoms with Crippen LogP contribution in [0.3, 0.4) is 0 Å². The van der Waals surface area contributed by atoms with Gasteiger partial charge in [0, 0.05) is 6.04 Å². The molecule has 1 aromatic carbocycles. The monoisotopic (exact) mass is 302 g/mol. The average molecular weight is 303 g/mol. The summed E-state index contributed by atoms with van der Waals surface area (Å²) in [4.78, 5) is 0. The van der Waals surface area contributed by atoms with Crippen molar-refractivity contribution >= 4 is 17.3 Å². The van der Waals surface area contributed by atoms with Crippen LogP contribution in [0.1, 0.15) is 31.2 Å². The van der Waals surface area contributed by atoms with E-state index in [1.54, 1.807) is 12.1 Å². The molecule has 6 heteroatoms. The minimum Gasteiger partial charge on any atom is -0.381 e. The van der Waals surface area contributed by atoms with Gasteiger partial charge in [0.05, 0.1) is 28.3 Å². The molecule has 0 saturated heterocycles. The third-order valence-electron chi connectivity index (χ3n) is 3.59. The summed E-state index contributed by atoms with van der Waals surface area (Å²) in [6.07, 6.45) is -2.62. The first-order valence-corrected chi connectivity index (χ1v) is 6.81. The molecular weight excluding hydrogens is 289 g/mol. The predicted molar refractivity (Wildman–Crippen MR) is 71.6 cm³/mol. The summed E-state index contributed by atoms with van der Waals surface area (Å²) in [7, 11) is 0. The highest BCUT2D eigenvalue weighted by molar-refractivity contribution is 6.33. The van der Waals surface area contributed by atoms with E-state index in [1.165, 1.54) is 6.07 Å². The van der Waals surface area contributed by atoms with Gasteiger partial charge in [-0.1, -0.05) is 18.0 Å². The Morgan fingerprint density at radius 2 is 2.05 bits per heavy atom. The zero-order chi connectivity index (χ0) is 14.8. The van der Waals surface area contributed by atoms with Crippen LogP contribution in [-0.4, -0.2) is 12.2 Å². The van der Waals surface area contributed by atoms with E-state index in [-0.39, 0.29) is 18.9 Å². The first kappa shape index (κ1) is 15.0. The molecule has 1 N–H and O–H groups in total. The molecule has 2 atom stereocenters. The van der Waals surface area contributed by atoms with Crippen molar-refractivity contribution in [3.8, 4) is 6.07 Å². The standard InChI is InChI=1S/C14H14ClF3N2/c15-12-6-9(8-19)4-5-13(12)20-11-3-1-2-10(7-11)14(16,17)18/h4-6,10-11,20H,1-3,7H2. The maximum Gasteiger partial charge on any atom is 0.391 e. The Morgan fingerprint density at radius 3 is 2.65 bits per heavy atom. The maximum atomic E-state index is 12.7. The van der Waals surface area contributed by atoms with Crippen LogP contribution in [0.2, 0.25) is 5.02 Å². The SMILES string of the molecule is N#Cc1ccc(NC2CCCC(C(F)(F)F)C2)c(Cl)c1. The van der Waals surface area contributed by atoms with Crippen molar-refractivity contribution < 1.29 is 13.2 Å². The highest BCUT2D eigenvalue weighted by Gasteiger charge is 2.42. The van der Waals surface area contributed by atoms with Gasteiger partial charge in [-0.3, -0.25) is 0 Å². The Balaban J connectivity index is 2.05. The van der Waals surface area contributed by atoms with Crippen LogP contribution >= 0.6 is 11.6 Å². The fraction of sp³-hybridized carbons (Fsp3) is 0.500. The smallest absolute Gasteiger partial charge is 0.381 e. The molecule has 0 amide bonds. The van der Waals surface area contributed by atoms with Gasteiger partial charge in [0.15, 0.2) is 0 Å². The molecule has 0 aliphatic heterocycles. The van der Waals surface area contributed by atoms with Gasteiger partial charge in [0.2, 0.25) is 0 Å². The second kappa shape index (κ2) is 5.92. The van der Waals surface area contributed by atoms with Gasteiger partial charge in [-0.15, -0.1) is 0 Å². The first-order chi connectivity index (χ1) is 9.40. The summed E-state index contributed by atoms with van der Waals surface area (Å²) in [5.41, 5.74) is 1.01. The molecule has 0 bridgehead atoms. The zero-order valence-corrected chi connectivity index (χ0v) is 11.4. The molecule has 2 unspecified atom stereocenters. The third kappa shape index (κ3) is 3.57. The van der Waals surface area contributed by atoms with Crippen LogP contribution in [-0.2, 0) is 0 Å². The number of hydrogen-bond donors (Lipinski definition) is 1. The van der Waals surface area contributed by atoms with Gasteiger partial charge in [-0.25, -0.2) is 0 Å². The largest absolute Gasteiger partial charge is 0.391 e. The van der Waals surface area contributed by atoms with E-state index in [2.05, 4.69) is 5.32 Å². The molecule has 20 heavy (non-hydrogen) atoms. The van der Waals surface area contributed by atoms with Crippen LogP contribution in [0.5, 0.6) is 0 Å². The van der Waals surface area contributed by atoms with Crippen LogP contribution in [0.4, 0.5) is 18.9 Å². The molecule has 0 radical (unpaired) electrons. The molecule has 1 fully saturated rings. The minimum atomic E-state index is -4.13. The van der Waals surface area contributed by atoms with Gasteiger partial charge in [0.25, 0.3) is 0 Å². The number of anilines is 1. The normalized spacial score (nSPS) is 23.1. The highest BCUT2D eigenvalue weighted by atomic mass is 35.5. The van der Waals surface area contributed by atoms with E-state index in [0.717, 1.165) is 0 Å². The molecule has 108 valence electrons. The van der Waals surface area contributed by atoms with Crippen LogP contribution in [0.15, 0.2) is 18.2 Å². The van der Waals surface area contributed by atoms with Crippen LogP contribution in [0, 0.1) is 17.2 Å². The maximum absolute atomic E-state index is 12.7. The van der Waals surface area contributed by atoms with Crippen LogP contribution in [0.25, 0.3) is 0 Å². The summed E-state index contributed by atoms with van der Waals surface area (Å²) in [6.45, 7) is 0. The van der Waals surface area contributed by atoms with Gasteiger partial charge in [-0.05, 0) is 37.5 Å². The Bertz CT molecular complexity index is 522.